The quantitative estimate of drug-likeness (QED) is 0.777. The van der Waals surface area contributed by atoms with Gasteiger partial charge in [0.1, 0.15) is 5.75 Å². The molecule has 1 aromatic carbocycles. The van der Waals surface area contributed by atoms with Crippen LogP contribution in [0, 0.1) is 5.92 Å². The van der Waals surface area contributed by atoms with Gasteiger partial charge in [-0.1, -0.05) is 45.4 Å². The number of nitrogens with two attached hydrogens (primary N) is 1. The lowest BCUT2D eigenvalue weighted by molar-refractivity contribution is 0.307. The van der Waals surface area contributed by atoms with Crippen LogP contribution < -0.4 is 10.5 Å². The van der Waals surface area contributed by atoms with Crippen LogP contribution in [0.2, 0.25) is 0 Å². The van der Waals surface area contributed by atoms with E-state index in [4.69, 9.17) is 10.5 Å². The normalized spacial score (nSPS) is 14.4. The van der Waals surface area contributed by atoms with Crippen molar-refractivity contribution in [3.63, 3.8) is 0 Å². The molecule has 2 atom stereocenters. The highest BCUT2D eigenvalue weighted by Gasteiger charge is 2.17. The summed E-state index contributed by atoms with van der Waals surface area (Å²) in [5.74, 6) is 1.44. The molecule has 2 unspecified atom stereocenters. The topological polar surface area (TPSA) is 35.2 Å². The van der Waals surface area contributed by atoms with E-state index in [1.807, 2.05) is 18.2 Å². The number of para-hydroxylation sites is 1. The molecule has 1 rings (SSSR count). The zero-order valence-electron chi connectivity index (χ0n) is 11.3. The second-order valence-electron chi connectivity index (χ2n) is 4.68. The molecule has 0 heterocycles. The molecule has 0 fully saturated rings. The summed E-state index contributed by atoms with van der Waals surface area (Å²) >= 11 is 0. The maximum absolute atomic E-state index is 6.32. The Bertz CT molecular complexity index is 324. The standard InChI is InChI=1S/C15H25NO/c1-4-8-12(3)15(16)13-9-6-7-10-14(13)17-11-5-2/h6-7,9-10,12,15H,4-5,8,11,16H2,1-3H3. The predicted octanol–water partition coefficient (Wildman–Crippen LogP) is 3.91. The average molecular weight is 235 g/mol. The van der Waals surface area contributed by atoms with Gasteiger partial charge in [-0.3, -0.25) is 0 Å². The highest BCUT2D eigenvalue weighted by atomic mass is 16.5. The maximum Gasteiger partial charge on any atom is 0.124 e. The fraction of sp³-hybridized carbons (Fsp3) is 0.600. The highest BCUT2D eigenvalue weighted by Crippen LogP contribution is 2.30. The van der Waals surface area contributed by atoms with Gasteiger partial charge in [0, 0.05) is 11.6 Å². The van der Waals surface area contributed by atoms with E-state index in [-0.39, 0.29) is 6.04 Å². The first kappa shape index (κ1) is 14.0. The lowest BCUT2D eigenvalue weighted by Crippen LogP contribution is -2.20. The van der Waals surface area contributed by atoms with E-state index >= 15 is 0 Å². The second-order valence-corrected chi connectivity index (χ2v) is 4.68. The minimum Gasteiger partial charge on any atom is -0.493 e. The summed E-state index contributed by atoms with van der Waals surface area (Å²) in [6, 6.07) is 8.21. The number of ether oxygens (including phenoxy) is 1. The van der Waals surface area contributed by atoms with E-state index in [0.717, 1.165) is 30.8 Å². The minimum atomic E-state index is 0.0722. The van der Waals surface area contributed by atoms with E-state index in [1.165, 1.54) is 6.42 Å². The molecular formula is C15H25NO. The van der Waals surface area contributed by atoms with E-state index in [1.54, 1.807) is 0 Å². The fourth-order valence-electron chi connectivity index (χ4n) is 2.04. The van der Waals surface area contributed by atoms with Crippen LogP contribution in [0.15, 0.2) is 24.3 Å². The first-order valence-corrected chi connectivity index (χ1v) is 6.68. The molecule has 0 radical (unpaired) electrons. The molecule has 0 bridgehead atoms. The molecule has 0 amide bonds. The second kappa shape index (κ2) is 7.33. The van der Waals surface area contributed by atoms with Gasteiger partial charge in [-0.25, -0.2) is 0 Å². The Morgan fingerprint density at radius 1 is 1.18 bits per heavy atom. The van der Waals surface area contributed by atoms with E-state index in [2.05, 4.69) is 26.8 Å². The molecule has 0 aliphatic carbocycles. The van der Waals surface area contributed by atoms with Crippen LogP contribution in [-0.2, 0) is 0 Å². The van der Waals surface area contributed by atoms with Gasteiger partial charge in [0.25, 0.3) is 0 Å². The van der Waals surface area contributed by atoms with Gasteiger partial charge in [-0.2, -0.15) is 0 Å². The smallest absolute Gasteiger partial charge is 0.124 e. The van der Waals surface area contributed by atoms with Crippen molar-refractivity contribution >= 4 is 0 Å². The monoisotopic (exact) mass is 235 g/mol. The highest BCUT2D eigenvalue weighted by molar-refractivity contribution is 5.36. The molecule has 0 aliphatic rings. The largest absolute Gasteiger partial charge is 0.493 e. The van der Waals surface area contributed by atoms with Crippen LogP contribution in [-0.4, -0.2) is 6.61 Å². The SMILES string of the molecule is CCCOc1ccccc1C(N)C(C)CCC. The Balaban J connectivity index is 2.80. The zero-order valence-corrected chi connectivity index (χ0v) is 11.3. The fourth-order valence-corrected chi connectivity index (χ4v) is 2.04. The zero-order chi connectivity index (χ0) is 12.7. The summed E-state index contributed by atoms with van der Waals surface area (Å²) in [6.45, 7) is 7.28. The first-order valence-electron chi connectivity index (χ1n) is 6.68. The maximum atomic E-state index is 6.32. The third kappa shape index (κ3) is 4.04. The van der Waals surface area contributed by atoms with Crippen molar-refractivity contribution in [2.45, 2.75) is 46.1 Å². The van der Waals surface area contributed by atoms with Crippen LogP contribution in [0.4, 0.5) is 0 Å². The number of benzene rings is 1. The molecule has 17 heavy (non-hydrogen) atoms. The van der Waals surface area contributed by atoms with Crippen LogP contribution >= 0.6 is 0 Å². The van der Waals surface area contributed by atoms with Crippen LogP contribution in [0.1, 0.15) is 51.6 Å². The molecule has 0 aliphatic heterocycles. The minimum absolute atomic E-state index is 0.0722. The molecule has 1 aromatic rings. The first-order chi connectivity index (χ1) is 8.20. The summed E-state index contributed by atoms with van der Waals surface area (Å²) in [7, 11) is 0. The van der Waals surface area contributed by atoms with E-state index < -0.39 is 0 Å². The van der Waals surface area contributed by atoms with E-state index in [9.17, 15) is 0 Å². The summed E-state index contributed by atoms with van der Waals surface area (Å²) in [4.78, 5) is 0. The van der Waals surface area contributed by atoms with Crippen molar-refractivity contribution in [2.75, 3.05) is 6.61 Å². The molecule has 2 nitrogen and oxygen atoms in total. The Morgan fingerprint density at radius 3 is 2.53 bits per heavy atom. The molecule has 0 saturated heterocycles. The van der Waals surface area contributed by atoms with Gasteiger partial charge < -0.3 is 10.5 Å². The molecule has 2 N–H and O–H groups in total. The molecular weight excluding hydrogens is 210 g/mol. The van der Waals surface area contributed by atoms with Gasteiger partial charge in [-0.05, 0) is 24.8 Å². The van der Waals surface area contributed by atoms with Gasteiger partial charge in [0.05, 0.1) is 6.61 Å². The Hall–Kier alpha value is -1.02. The molecule has 96 valence electrons. The van der Waals surface area contributed by atoms with Gasteiger partial charge >= 0.3 is 0 Å². The third-order valence-corrected chi connectivity index (χ3v) is 3.10. The van der Waals surface area contributed by atoms with Gasteiger partial charge in [0.2, 0.25) is 0 Å². The average Bonchev–Trinajstić information content (AvgIpc) is 2.36. The van der Waals surface area contributed by atoms with Crippen LogP contribution in [0.3, 0.4) is 0 Å². The molecule has 0 saturated carbocycles. The summed E-state index contributed by atoms with van der Waals surface area (Å²) in [5, 5.41) is 0. The van der Waals surface area contributed by atoms with Crippen molar-refractivity contribution in [1.29, 1.82) is 0 Å². The van der Waals surface area contributed by atoms with Gasteiger partial charge in [0.15, 0.2) is 0 Å². The number of hydrogen-bond donors (Lipinski definition) is 1. The summed E-state index contributed by atoms with van der Waals surface area (Å²) in [5.41, 5.74) is 7.46. The van der Waals surface area contributed by atoms with Crippen molar-refractivity contribution in [3.8, 4) is 5.75 Å². The van der Waals surface area contributed by atoms with Crippen molar-refractivity contribution < 1.29 is 4.74 Å². The predicted molar refractivity (Wildman–Crippen MR) is 73.2 cm³/mol. The van der Waals surface area contributed by atoms with Crippen molar-refractivity contribution in [3.05, 3.63) is 29.8 Å². The lowest BCUT2D eigenvalue weighted by atomic mass is 9.91. The lowest BCUT2D eigenvalue weighted by Gasteiger charge is -2.22. The Labute approximate surface area is 105 Å². The van der Waals surface area contributed by atoms with Crippen LogP contribution in [0.25, 0.3) is 0 Å². The van der Waals surface area contributed by atoms with Gasteiger partial charge in [-0.15, -0.1) is 0 Å². The number of hydrogen-bond acceptors (Lipinski definition) is 2. The summed E-state index contributed by atoms with van der Waals surface area (Å²) < 4.78 is 5.76. The van der Waals surface area contributed by atoms with Crippen molar-refractivity contribution in [2.24, 2.45) is 11.7 Å². The van der Waals surface area contributed by atoms with E-state index in [0.29, 0.717) is 5.92 Å². The molecule has 2 heteroatoms. The molecule has 0 spiro atoms. The Kier molecular flexibility index (Phi) is 6.06. The van der Waals surface area contributed by atoms with Crippen molar-refractivity contribution in [1.82, 2.24) is 0 Å². The number of rotatable bonds is 7. The van der Waals surface area contributed by atoms with Crippen LogP contribution in [0.5, 0.6) is 5.75 Å². The Morgan fingerprint density at radius 2 is 1.88 bits per heavy atom. The summed E-state index contributed by atoms with van der Waals surface area (Å²) in [6.07, 6.45) is 3.35. The third-order valence-electron chi connectivity index (χ3n) is 3.10. The molecule has 0 aromatic heterocycles.